The lowest BCUT2D eigenvalue weighted by Gasteiger charge is -2.24. The van der Waals surface area contributed by atoms with Crippen LogP contribution in [0.3, 0.4) is 0 Å². The van der Waals surface area contributed by atoms with Crippen LogP contribution in [-0.4, -0.2) is 36.3 Å². The van der Waals surface area contributed by atoms with E-state index in [1.165, 1.54) is 0 Å². The maximum atomic E-state index is 12.1. The van der Waals surface area contributed by atoms with Gasteiger partial charge < -0.3 is 9.53 Å². The second-order valence-corrected chi connectivity index (χ2v) is 8.22. The SMILES string of the molecule is CSC(C)(C)CCC(=O)NN(C)c1ccc(OCCCC(C)=O)cc1. The van der Waals surface area contributed by atoms with E-state index in [1.807, 2.05) is 31.3 Å². The molecule has 0 saturated carbocycles. The number of ether oxygens (including phenoxy) is 1. The predicted molar refractivity (Wildman–Crippen MR) is 105 cm³/mol. The molecular formula is C19H30N2O3S. The number of amides is 1. The van der Waals surface area contributed by atoms with Crippen molar-refractivity contribution >= 4 is 29.1 Å². The number of nitrogens with zero attached hydrogens (tertiary/aromatic N) is 1. The van der Waals surface area contributed by atoms with E-state index in [0.717, 1.165) is 24.3 Å². The Balaban J connectivity index is 2.41. The average Bonchev–Trinajstić information content (AvgIpc) is 2.57. The average molecular weight is 367 g/mol. The topological polar surface area (TPSA) is 58.6 Å². The lowest BCUT2D eigenvalue weighted by Crippen LogP contribution is -2.39. The molecule has 1 aromatic rings. The first kappa shape index (κ1) is 21.4. The van der Waals surface area contributed by atoms with E-state index in [4.69, 9.17) is 4.74 Å². The van der Waals surface area contributed by atoms with Crippen molar-refractivity contribution in [1.82, 2.24) is 5.43 Å². The molecule has 1 N–H and O–H groups in total. The van der Waals surface area contributed by atoms with Crippen LogP contribution in [0.25, 0.3) is 0 Å². The Morgan fingerprint density at radius 3 is 2.40 bits per heavy atom. The lowest BCUT2D eigenvalue weighted by atomic mass is 10.1. The van der Waals surface area contributed by atoms with E-state index in [2.05, 4.69) is 25.5 Å². The molecule has 1 rings (SSSR count). The Kier molecular flexibility index (Phi) is 8.83. The quantitative estimate of drug-likeness (QED) is 0.476. The fourth-order valence-electron chi connectivity index (χ4n) is 2.10. The van der Waals surface area contributed by atoms with Gasteiger partial charge in [-0.05, 0) is 50.3 Å². The summed E-state index contributed by atoms with van der Waals surface area (Å²) in [7, 11) is 1.82. The summed E-state index contributed by atoms with van der Waals surface area (Å²) >= 11 is 1.77. The molecule has 0 aliphatic heterocycles. The molecule has 1 amide bonds. The number of Topliss-reactive ketones (excluding diaryl/α,β-unsaturated/α-hetero) is 1. The van der Waals surface area contributed by atoms with Gasteiger partial charge in [0.25, 0.3) is 0 Å². The van der Waals surface area contributed by atoms with Crippen LogP contribution in [-0.2, 0) is 9.59 Å². The summed E-state index contributed by atoms with van der Waals surface area (Å²) in [5, 5.41) is 1.72. The van der Waals surface area contributed by atoms with Gasteiger partial charge in [-0.15, -0.1) is 0 Å². The van der Waals surface area contributed by atoms with Gasteiger partial charge in [-0.2, -0.15) is 11.8 Å². The molecule has 0 spiro atoms. The van der Waals surface area contributed by atoms with Crippen molar-refractivity contribution in [1.29, 1.82) is 0 Å². The van der Waals surface area contributed by atoms with Crippen molar-refractivity contribution in [3.8, 4) is 5.75 Å². The summed E-state index contributed by atoms with van der Waals surface area (Å²) < 4.78 is 5.71. The Morgan fingerprint density at radius 2 is 1.84 bits per heavy atom. The first-order valence-corrected chi connectivity index (χ1v) is 9.76. The molecule has 0 aliphatic carbocycles. The lowest BCUT2D eigenvalue weighted by molar-refractivity contribution is -0.121. The first-order valence-electron chi connectivity index (χ1n) is 8.54. The van der Waals surface area contributed by atoms with Crippen LogP contribution in [0.15, 0.2) is 24.3 Å². The van der Waals surface area contributed by atoms with Gasteiger partial charge in [0.15, 0.2) is 0 Å². The Bertz CT molecular complexity index is 558. The van der Waals surface area contributed by atoms with Crippen LogP contribution in [0.2, 0.25) is 0 Å². The molecular weight excluding hydrogens is 336 g/mol. The van der Waals surface area contributed by atoms with Crippen molar-refractivity contribution in [2.75, 3.05) is 24.9 Å². The molecule has 6 heteroatoms. The summed E-state index contributed by atoms with van der Waals surface area (Å²) in [6.07, 6.45) is 4.66. The number of ketones is 1. The third-order valence-electron chi connectivity index (χ3n) is 3.97. The molecule has 0 aliphatic rings. The zero-order valence-corrected chi connectivity index (χ0v) is 16.7. The van der Waals surface area contributed by atoms with Crippen molar-refractivity contribution in [3.05, 3.63) is 24.3 Å². The van der Waals surface area contributed by atoms with Crippen molar-refractivity contribution in [2.45, 2.75) is 51.2 Å². The van der Waals surface area contributed by atoms with Gasteiger partial charge in [-0.3, -0.25) is 15.2 Å². The predicted octanol–water partition coefficient (Wildman–Crippen LogP) is 3.82. The molecule has 0 heterocycles. The minimum Gasteiger partial charge on any atom is -0.494 e. The summed E-state index contributed by atoms with van der Waals surface area (Å²) in [5.74, 6) is 0.945. The normalized spacial score (nSPS) is 11.1. The van der Waals surface area contributed by atoms with Gasteiger partial charge in [0, 0.05) is 24.6 Å². The summed E-state index contributed by atoms with van der Waals surface area (Å²) in [5.41, 5.74) is 3.77. The number of hydrogen-bond acceptors (Lipinski definition) is 5. The van der Waals surface area contributed by atoms with Crippen LogP contribution in [0.5, 0.6) is 5.75 Å². The van der Waals surface area contributed by atoms with Gasteiger partial charge in [-0.25, -0.2) is 0 Å². The largest absolute Gasteiger partial charge is 0.494 e. The second-order valence-electron chi connectivity index (χ2n) is 6.71. The second kappa shape index (κ2) is 10.3. The number of carbonyl (C=O) groups excluding carboxylic acids is 2. The van der Waals surface area contributed by atoms with Crippen LogP contribution >= 0.6 is 11.8 Å². The fraction of sp³-hybridized carbons (Fsp3) is 0.579. The highest BCUT2D eigenvalue weighted by Gasteiger charge is 2.18. The van der Waals surface area contributed by atoms with E-state index in [0.29, 0.717) is 19.4 Å². The molecule has 0 aromatic heterocycles. The summed E-state index contributed by atoms with van der Waals surface area (Å²) in [6, 6.07) is 7.52. The van der Waals surface area contributed by atoms with Gasteiger partial charge in [0.05, 0.1) is 12.3 Å². The van der Waals surface area contributed by atoms with E-state index >= 15 is 0 Å². The van der Waals surface area contributed by atoms with Crippen LogP contribution in [0.4, 0.5) is 5.69 Å². The highest BCUT2D eigenvalue weighted by atomic mass is 32.2. The zero-order valence-electron chi connectivity index (χ0n) is 15.9. The Labute approximate surface area is 155 Å². The minimum absolute atomic E-state index is 0.00850. The molecule has 1 aromatic carbocycles. The Hall–Kier alpha value is -1.69. The smallest absolute Gasteiger partial charge is 0.238 e. The molecule has 0 bridgehead atoms. The number of rotatable bonds is 11. The molecule has 0 fully saturated rings. The molecule has 25 heavy (non-hydrogen) atoms. The molecule has 5 nitrogen and oxygen atoms in total. The number of hydrogen-bond donors (Lipinski definition) is 1. The van der Waals surface area contributed by atoms with Gasteiger partial charge in [-0.1, -0.05) is 13.8 Å². The summed E-state index contributed by atoms with van der Waals surface area (Å²) in [6.45, 7) is 6.39. The zero-order chi connectivity index (χ0) is 18.9. The fourth-order valence-corrected chi connectivity index (χ4v) is 2.41. The maximum absolute atomic E-state index is 12.1. The molecule has 0 radical (unpaired) electrons. The molecule has 140 valence electrons. The van der Waals surface area contributed by atoms with Crippen molar-refractivity contribution in [3.63, 3.8) is 0 Å². The minimum atomic E-state index is 0.00850. The van der Waals surface area contributed by atoms with Crippen molar-refractivity contribution < 1.29 is 14.3 Å². The van der Waals surface area contributed by atoms with Gasteiger partial charge >= 0.3 is 0 Å². The standard InChI is InChI=1S/C19H30N2O3S/c1-15(22)7-6-14-24-17-10-8-16(9-11-17)21(4)20-18(23)12-13-19(2,3)25-5/h8-11H,6-7,12-14H2,1-5H3,(H,20,23). The number of carbonyl (C=O) groups is 2. The van der Waals surface area contributed by atoms with Crippen LogP contribution in [0, 0.1) is 0 Å². The van der Waals surface area contributed by atoms with Crippen LogP contribution < -0.4 is 15.2 Å². The molecule has 0 atom stereocenters. The van der Waals surface area contributed by atoms with Gasteiger partial charge in [0.1, 0.15) is 11.5 Å². The highest BCUT2D eigenvalue weighted by molar-refractivity contribution is 7.99. The van der Waals surface area contributed by atoms with E-state index in [-0.39, 0.29) is 16.4 Å². The van der Waals surface area contributed by atoms with Crippen LogP contribution in [0.1, 0.15) is 46.5 Å². The van der Waals surface area contributed by atoms with Crippen molar-refractivity contribution in [2.24, 2.45) is 0 Å². The number of anilines is 1. The first-order chi connectivity index (χ1) is 11.7. The van der Waals surface area contributed by atoms with E-state index in [9.17, 15) is 9.59 Å². The highest BCUT2D eigenvalue weighted by Crippen LogP contribution is 2.26. The van der Waals surface area contributed by atoms with Gasteiger partial charge in [0.2, 0.25) is 5.91 Å². The number of thioether (sulfide) groups is 1. The summed E-state index contributed by atoms with van der Waals surface area (Å²) in [4.78, 5) is 23.0. The third-order valence-corrected chi connectivity index (χ3v) is 5.27. The maximum Gasteiger partial charge on any atom is 0.238 e. The number of nitrogens with one attached hydrogen (secondary N) is 1. The number of benzene rings is 1. The molecule has 0 saturated heterocycles. The van der Waals surface area contributed by atoms with E-state index < -0.39 is 0 Å². The third kappa shape index (κ3) is 8.82. The monoisotopic (exact) mass is 366 g/mol. The molecule has 0 unspecified atom stereocenters. The number of hydrazine groups is 1. The Morgan fingerprint density at radius 1 is 1.20 bits per heavy atom. The van der Waals surface area contributed by atoms with E-state index in [1.54, 1.807) is 23.7 Å².